The number of ether oxygens (including phenoxy) is 2. The van der Waals surface area contributed by atoms with Crippen molar-refractivity contribution in [3.8, 4) is 11.5 Å². The van der Waals surface area contributed by atoms with E-state index in [9.17, 15) is 4.79 Å². The zero-order chi connectivity index (χ0) is 15.1. The summed E-state index contributed by atoms with van der Waals surface area (Å²) in [6, 6.07) is 5.62. The Bertz CT molecular complexity index is 510. The quantitative estimate of drug-likeness (QED) is 0.591. The smallest absolute Gasteiger partial charge is 0.243 e. The monoisotopic (exact) mass is 290 g/mol. The molecular weight excluding hydrogens is 268 g/mol. The molecule has 5 nitrogen and oxygen atoms in total. The van der Waals surface area contributed by atoms with E-state index < -0.39 is 0 Å². The molecule has 0 bridgehead atoms. The Morgan fingerprint density at radius 1 is 1.33 bits per heavy atom. The van der Waals surface area contributed by atoms with Crippen molar-refractivity contribution in [3.05, 3.63) is 23.8 Å². The molecule has 1 fully saturated rings. The van der Waals surface area contributed by atoms with Gasteiger partial charge in [-0.2, -0.15) is 5.10 Å². The highest BCUT2D eigenvalue weighted by Crippen LogP contribution is 2.29. The lowest BCUT2D eigenvalue weighted by Crippen LogP contribution is -2.18. The zero-order valence-electron chi connectivity index (χ0n) is 12.6. The summed E-state index contributed by atoms with van der Waals surface area (Å²) in [7, 11) is 0. The molecule has 1 saturated carbocycles. The van der Waals surface area contributed by atoms with E-state index >= 15 is 0 Å². The fourth-order valence-electron chi connectivity index (χ4n) is 1.81. The summed E-state index contributed by atoms with van der Waals surface area (Å²) < 4.78 is 11.2. The molecule has 1 aromatic carbocycles. The van der Waals surface area contributed by atoms with E-state index in [0.717, 1.165) is 30.6 Å². The zero-order valence-corrected chi connectivity index (χ0v) is 12.6. The molecule has 2 rings (SSSR count). The van der Waals surface area contributed by atoms with E-state index in [1.165, 1.54) is 0 Å². The molecule has 0 radical (unpaired) electrons. The molecule has 1 aliphatic rings. The molecule has 0 heterocycles. The summed E-state index contributed by atoms with van der Waals surface area (Å²) in [4.78, 5) is 11.5. The molecule has 1 amide bonds. The van der Waals surface area contributed by atoms with Crippen LogP contribution in [0.15, 0.2) is 23.3 Å². The van der Waals surface area contributed by atoms with E-state index in [1.807, 2.05) is 25.1 Å². The van der Waals surface area contributed by atoms with Gasteiger partial charge in [0.25, 0.3) is 0 Å². The number of hydrogen-bond donors (Lipinski definition) is 1. The molecule has 114 valence electrons. The molecule has 0 aliphatic heterocycles. The third kappa shape index (κ3) is 4.77. The minimum absolute atomic E-state index is 0.000758. The highest BCUT2D eigenvalue weighted by Gasteiger charge is 2.29. The predicted octanol–water partition coefficient (Wildman–Crippen LogP) is 2.73. The van der Waals surface area contributed by atoms with Crippen LogP contribution >= 0.6 is 0 Å². The van der Waals surface area contributed by atoms with Gasteiger partial charge in [-0.05, 0) is 49.9 Å². The van der Waals surface area contributed by atoms with Crippen LogP contribution in [0, 0.1) is 5.92 Å². The minimum Gasteiger partial charge on any atom is -0.490 e. The second kappa shape index (κ2) is 7.67. The van der Waals surface area contributed by atoms with Gasteiger partial charge in [0.1, 0.15) is 0 Å². The molecule has 1 aromatic rings. The maximum Gasteiger partial charge on any atom is 0.243 e. The van der Waals surface area contributed by atoms with Crippen LogP contribution in [0.25, 0.3) is 0 Å². The Balaban J connectivity index is 1.99. The molecule has 0 saturated heterocycles. The first-order valence-electron chi connectivity index (χ1n) is 7.47. The maximum absolute atomic E-state index is 11.5. The first-order valence-corrected chi connectivity index (χ1v) is 7.47. The first-order chi connectivity index (χ1) is 10.2. The van der Waals surface area contributed by atoms with Crippen LogP contribution in [-0.4, -0.2) is 25.3 Å². The summed E-state index contributed by atoms with van der Waals surface area (Å²) in [5, 5.41) is 3.97. The van der Waals surface area contributed by atoms with Crippen molar-refractivity contribution in [2.45, 2.75) is 33.1 Å². The van der Waals surface area contributed by atoms with Crippen molar-refractivity contribution >= 4 is 12.1 Å². The van der Waals surface area contributed by atoms with Crippen LogP contribution in [0.4, 0.5) is 0 Å². The average Bonchev–Trinajstić information content (AvgIpc) is 3.31. The van der Waals surface area contributed by atoms with E-state index in [2.05, 4.69) is 17.5 Å². The molecule has 0 atom stereocenters. The fraction of sp³-hybridized carbons (Fsp3) is 0.500. The van der Waals surface area contributed by atoms with E-state index in [0.29, 0.717) is 19.0 Å². The van der Waals surface area contributed by atoms with Gasteiger partial charge in [-0.25, -0.2) is 5.43 Å². The number of benzene rings is 1. The Morgan fingerprint density at radius 2 is 2.14 bits per heavy atom. The molecule has 5 heteroatoms. The Morgan fingerprint density at radius 3 is 2.81 bits per heavy atom. The van der Waals surface area contributed by atoms with Crippen molar-refractivity contribution in [1.82, 2.24) is 5.43 Å². The summed E-state index contributed by atoms with van der Waals surface area (Å²) >= 11 is 0. The van der Waals surface area contributed by atoms with Gasteiger partial charge in [0, 0.05) is 5.92 Å². The third-order valence-corrected chi connectivity index (χ3v) is 3.07. The van der Waals surface area contributed by atoms with Crippen molar-refractivity contribution in [3.63, 3.8) is 0 Å². The van der Waals surface area contributed by atoms with Gasteiger partial charge in [0.2, 0.25) is 5.91 Å². The maximum atomic E-state index is 11.5. The minimum atomic E-state index is -0.000758. The van der Waals surface area contributed by atoms with Gasteiger partial charge < -0.3 is 9.47 Å². The van der Waals surface area contributed by atoms with Gasteiger partial charge in [0.05, 0.1) is 19.4 Å². The average molecular weight is 290 g/mol. The summed E-state index contributed by atoms with van der Waals surface area (Å²) in [5.41, 5.74) is 3.41. The number of nitrogens with one attached hydrogen (secondary N) is 1. The molecule has 0 spiro atoms. The van der Waals surface area contributed by atoms with E-state index in [-0.39, 0.29) is 11.8 Å². The van der Waals surface area contributed by atoms with Crippen molar-refractivity contribution in [2.75, 3.05) is 13.2 Å². The number of carbonyl (C=O) groups excluding carboxylic acids is 1. The summed E-state index contributed by atoms with van der Waals surface area (Å²) in [5.74, 6) is 1.59. The lowest BCUT2D eigenvalue weighted by molar-refractivity contribution is -0.122. The summed E-state index contributed by atoms with van der Waals surface area (Å²) in [6.45, 7) is 5.22. The SMILES string of the molecule is CCCOc1ccc(/C=N\NC(=O)C2CC2)cc1OCC. The number of nitrogens with zero attached hydrogens (tertiary/aromatic N) is 1. The molecule has 1 N–H and O–H groups in total. The van der Waals surface area contributed by atoms with Gasteiger partial charge in [-0.1, -0.05) is 6.92 Å². The molecule has 1 aliphatic carbocycles. The number of carbonyl (C=O) groups is 1. The molecule has 0 unspecified atom stereocenters. The number of rotatable bonds is 8. The van der Waals surface area contributed by atoms with Gasteiger partial charge >= 0.3 is 0 Å². The third-order valence-electron chi connectivity index (χ3n) is 3.07. The van der Waals surface area contributed by atoms with Crippen LogP contribution < -0.4 is 14.9 Å². The largest absolute Gasteiger partial charge is 0.490 e. The second-order valence-electron chi connectivity index (χ2n) is 5.00. The highest BCUT2D eigenvalue weighted by atomic mass is 16.5. The van der Waals surface area contributed by atoms with Crippen LogP contribution in [0.2, 0.25) is 0 Å². The van der Waals surface area contributed by atoms with Crippen molar-refractivity contribution in [1.29, 1.82) is 0 Å². The van der Waals surface area contributed by atoms with E-state index in [4.69, 9.17) is 9.47 Å². The number of amides is 1. The number of hydrogen-bond acceptors (Lipinski definition) is 4. The summed E-state index contributed by atoms with van der Waals surface area (Å²) in [6.07, 6.45) is 4.51. The molecular formula is C16H22N2O3. The Labute approximate surface area is 125 Å². The van der Waals surface area contributed by atoms with E-state index in [1.54, 1.807) is 6.21 Å². The standard InChI is InChI=1S/C16H22N2O3/c1-3-9-21-14-8-5-12(10-15(14)20-4-2)11-17-18-16(19)13-6-7-13/h5,8,10-11,13H,3-4,6-7,9H2,1-2H3,(H,18,19)/b17-11-. The number of hydrazone groups is 1. The highest BCUT2D eigenvalue weighted by molar-refractivity contribution is 5.84. The van der Waals surface area contributed by atoms with Crippen LogP contribution in [0.5, 0.6) is 11.5 Å². The predicted molar refractivity (Wildman–Crippen MR) is 81.9 cm³/mol. The Hall–Kier alpha value is -2.04. The lowest BCUT2D eigenvalue weighted by atomic mass is 10.2. The first kappa shape index (κ1) is 15.4. The lowest BCUT2D eigenvalue weighted by Gasteiger charge is -2.11. The van der Waals surface area contributed by atoms with Crippen LogP contribution in [-0.2, 0) is 4.79 Å². The van der Waals surface area contributed by atoms with Gasteiger partial charge in [-0.3, -0.25) is 4.79 Å². The fourth-order valence-corrected chi connectivity index (χ4v) is 1.81. The van der Waals surface area contributed by atoms with Crippen molar-refractivity contribution in [2.24, 2.45) is 11.0 Å². The Kier molecular flexibility index (Phi) is 5.60. The van der Waals surface area contributed by atoms with Gasteiger partial charge in [-0.15, -0.1) is 0 Å². The topological polar surface area (TPSA) is 59.9 Å². The van der Waals surface area contributed by atoms with Crippen LogP contribution in [0.3, 0.4) is 0 Å². The van der Waals surface area contributed by atoms with Gasteiger partial charge in [0.15, 0.2) is 11.5 Å². The second-order valence-corrected chi connectivity index (χ2v) is 5.00. The molecule has 0 aromatic heterocycles. The van der Waals surface area contributed by atoms with Crippen molar-refractivity contribution < 1.29 is 14.3 Å². The molecule has 21 heavy (non-hydrogen) atoms. The van der Waals surface area contributed by atoms with Crippen LogP contribution in [0.1, 0.15) is 38.7 Å². The normalized spacial score (nSPS) is 14.2.